The zero-order chi connectivity index (χ0) is 27.2. The Morgan fingerprint density at radius 3 is 2.71 bits per heavy atom. The van der Waals surface area contributed by atoms with Crippen molar-refractivity contribution in [3.8, 4) is 0 Å². The van der Waals surface area contributed by atoms with Crippen LogP contribution in [-0.2, 0) is 13.0 Å². The Hall–Kier alpha value is -3.26. The van der Waals surface area contributed by atoms with Crippen molar-refractivity contribution in [2.24, 2.45) is 26.6 Å². The van der Waals surface area contributed by atoms with Gasteiger partial charge in [0.25, 0.3) is 0 Å². The number of nitrogens with zero attached hydrogens (tertiary/aromatic N) is 5. The molecule has 0 saturated carbocycles. The van der Waals surface area contributed by atoms with E-state index in [0.29, 0.717) is 19.0 Å². The molecule has 1 aliphatic heterocycles. The number of nitrogens with one attached hydrogen (secondary N) is 1. The van der Waals surface area contributed by atoms with Crippen LogP contribution in [0.1, 0.15) is 44.7 Å². The smallest absolute Gasteiger partial charge is 0.191 e. The molecule has 2 heterocycles. The van der Waals surface area contributed by atoms with Crippen LogP contribution in [0.2, 0.25) is 0 Å². The standard InChI is InChI=1S/C30H40BrN7/c1-4-33-21-28(31)24(3)37-29(18-23(2)36-20-26-12-8-15-34-19-26)27-13-9-17-38(22-27)30(32)35-16-14-25-10-6-5-7-11-25/h5-8,10-12,15,18-19,21,27,36H,4,9,13-14,16-17,20,22H2,1-3H3,(H2,32,35)/b23-18+,28-24-,33-21?,37-29-. The van der Waals surface area contributed by atoms with Crippen molar-refractivity contribution in [2.45, 2.75) is 46.6 Å². The molecule has 3 rings (SSSR count). The Morgan fingerprint density at radius 1 is 1.18 bits per heavy atom. The third-order valence-corrected chi connectivity index (χ3v) is 7.15. The number of aromatic nitrogens is 1. The quantitative estimate of drug-likeness (QED) is 0.272. The molecular weight excluding hydrogens is 538 g/mol. The third-order valence-electron chi connectivity index (χ3n) is 6.37. The van der Waals surface area contributed by atoms with E-state index >= 15 is 0 Å². The molecule has 7 nitrogen and oxygen atoms in total. The van der Waals surface area contributed by atoms with E-state index in [-0.39, 0.29) is 5.92 Å². The highest BCUT2D eigenvalue weighted by Crippen LogP contribution is 2.22. The number of nitrogens with two attached hydrogens (primary N) is 1. The number of likely N-dealkylation sites (tertiary alicyclic amines) is 1. The number of aliphatic imine (C=N–C) groups is 3. The van der Waals surface area contributed by atoms with Crippen LogP contribution in [0.5, 0.6) is 0 Å². The van der Waals surface area contributed by atoms with Crippen molar-refractivity contribution in [3.63, 3.8) is 0 Å². The zero-order valence-corrected chi connectivity index (χ0v) is 24.4. The number of pyridine rings is 1. The lowest BCUT2D eigenvalue weighted by Gasteiger charge is -2.34. The summed E-state index contributed by atoms with van der Waals surface area (Å²) in [4.78, 5) is 20.5. The fourth-order valence-corrected chi connectivity index (χ4v) is 4.47. The molecule has 1 unspecified atom stereocenters. The summed E-state index contributed by atoms with van der Waals surface area (Å²) < 4.78 is 0.890. The summed E-state index contributed by atoms with van der Waals surface area (Å²) in [5.41, 5.74) is 11.9. The average molecular weight is 579 g/mol. The Kier molecular flexibility index (Phi) is 12.2. The summed E-state index contributed by atoms with van der Waals surface area (Å²) in [6.07, 6.45) is 10.6. The van der Waals surface area contributed by atoms with E-state index in [0.717, 1.165) is 66.0 Å². The van der Waals surface area contributed by atoms with Crippen molar-refractivity contribution in [1.82, 2.24) is 15.2 Å². The second kappa shape index (κ2) is 15.9. The van der Waals surface area contributed by atoms with Gasteiger partial charge >= 0.3 is 0 Å². The van der Waals surface area contributed by atoms with Gasteiger partial charge in [-0.25, -0.2) is 0 Å². The topological polar surface area (TPSA) is 91.3 Å². The maximum Gasteiger partial charge on any atom is 0.191 e. The minimum Gasteiger partial charge on any atom is -0.384 e. The van der Waals surface area contributed by atoms with Crippen LogP contribution in [0.4, 0.5) is 0 Å². The molecule has 0 amide bonds. The van der Waals surface area contributed by atoms with Crippen molar-refractivity contribution < 1.29 is 0 Å². The molecule has 1 fully saturated rings. The molecule has 8 heteroatoms. The lowest BCUT2D eigenvalue weighted by Crippen LogP contribution is -2.46. The molecule has 38 heavy (non-hydrogen) atoms. The van der Waals surface area contributed by atoms with E-state index in [9.17, 15) is 0 Å². The van der Waals surface area contributed by atoms with Gasteiger partial charge in [-0.3, -0.25) is 20.0 Å². The predicted octanol–water partition coefficient (Wildman–Crippen LogP) is 5.50. The fourth-order valence-electron chi connectivity index (χ4n) is 4.24. The summed E-state index contributed by atoms with van der Waals surface area (Å²) in [7, 11) is 0. The van der Waals surface area contributed by atoms with Crippen molar-refractivity contribution in [3.05, 3.63) is 87.9 Å². The second-order valence-corrected chi connectivity index (χ2v) is 10.3. The molecule has 0 spiro atoms. The van der Waals surface area contributed by atoms with Gasteiger partial charge in [0, 0.05) is 68.7 Å². The van der Waals surface area contributed by atoms with E-state index in [1.165, 1.54) is 5.56 Å². The number of hydrogen-bond acceptors (Lipinski definition) is 5. The first kappa shape index (κ1) is 29.3. The Labute approximate surface area is 235 Å². The van der Waals surface area contributed by atoms with Crippen LogP contribution in [0.15, 0.2) is 91.8 Å². The first-order valence-corrected chi connectivity index (χ1v) is 14.1. The first-order chi connectivity index (χ1) is 18.5. The van der Waals surface area contributed by atoms with Crippen LogP contribution in [0.3, 0.4) is 0 Å². The molecule has 0 bridgehead atoms. The Morgan fingerprint density at radius 2 is 1.97 bits per heavy atom. The first-order valence-electron chi connectivity index (χ1n) is 13.3. The number of allylic oxidation sites excluding steroid dienone is 4. The van der Waals surface area contributed by atoms with Crippen LogP contribution >= 0.6 is 15.9 Å². The number of rotatable bonds is 11. The van der Waals surface area contributed by atoms with Gasteiger partial charge in [-0.15, -0.1) is 0 Å². The SMILES string of the molecule is CCN=C/C(Br)=C(C)/N=C(/C=C(\C)NCc1cccnc1)C1CCCN(C(N)=NCCc2ccccc2)C1. The highest BCUT2D eigenvalue weighted by Gasteiger charge is 2.25. The summed E-state index contributed by atoms with van der Waals surface area (Å²) in [6, 6.07) is 14.4. The van der Waals surface area contributed by atoms with Crippen LogP contribution in [0, 0.1) is 5.92 Å². The van der Waals surface area contributed by atoms with E-state index in [1.807, 2.05) is 38.4 Å². The van der Waals surface area contributed by atoms with Gasteiger partial charge in [0.2, 0.25) is 0 Å². The molecule has 3 N–H and O–H groups in total. The van der Waals surface area contributed by atoms with Gasteiger partial charge in [-0.1, -0.05) is 36.4 Å². The third kappa shape index (κ3) is 9.89. The van der Waals surface area contributed by atoms with Gasteiger partial charge in [0.15, 0.2) is 5.96 Å². The fraction of sp³-hybridized carbons (Fsp3) is 0.400. The van der Waals surface area contributed by atoms with E-state index in [1.54, 1.807) is 6.20 Å². The maximum absolute atomic E-state index is 6.46. The molecule has 1 aromatic heterocycles. The van der Waals surface area contributed by atoms with Gasteiger partial charge in [-0.2, -0.15) is 0 Å². The lowest BCUT2D eigenvalue weighted by molar-refractivity contribution is 0.302. The summed E-state index contributed by atoms with van der Waals surface area (Å²) >= 11 is 3.64. The monoisotopic (exact) mass is 577 g/mol. The molecule has 0 aliphatic carbocycles. The van der Waals surface area contributed by atoms with E-state index in [4.69, 9.17) is 15.7 Å². The molecular formula is C30H40BrN7. The van der Waals surface area contributed by atoms with Crippen LogP contribution in [-0.4, -0.2) is 53.9 Å². The van der Waals surface area contributed by atoms with Crippen molar-refractivity contribution in [1.29, 1.82) is 0 Å². The van der Waals surface area contributed by atoms with Crippen molar-refractivity contribution >= 4 is 33.8 Å². The highest BCUT2D eigenvalue weighted by molar-refractivity contribution is 9.12. The highest BCUT2D eigenvalue weighted by atomic mass is 79.9. The predicted molar refractivity (Wildman–Crippen MR) is 164 cm³/mol. The summed E-state index contributed by atoms with van der Waals surface area (Å²) in [5.74, 6) is 0.851. The van der Waals surface area contributed by atoms with E-state index in [2.05, 4.69) is 79.5 Å². The summed E-state index contributed by atoms with van der Waals surface area (Å²) in [6.45, 7) is 9.94. The average Bonchev–Trinajstić information content (AvgIpc) is 2.95. The molecule has 0 radical (unpaired) electrons. The van der Waals surface area contributed by atoms with Gasteiger partial charge in [0.1, 0.15) is 0 Å². The second-order valence-electron chi connectivity index (χ2n) is 9.40. The van der Waals surface area contributed by atoms with Crippen molar-refractivity contribution in [2.75, 3.05) is 26.2 Å². The van der Waals surface area contributed by atoms with Crippen LogP contribution in [0.25, 0.3) is 0 Å². The Bertz CT molecular complexity index is 1150. The largest absolute Gasteiger partial charge is 0.384 e. The van der Waals surface area contributed by atoms with Crippen LogP contribution < -0.4 is 11.1 Å². The molecule has 202 valence electrons. The van der Waals surface area contributed by atoms with Gasteiger partial charge in [-0.05, 0) is 79.2 Å². The molecule has 1 saturated heterocycles. The summed E-state index contributed by atoms with van der Waals surface area (Å²) in [5, 5.41) is 3.51. The molecule has 1 aromatic carbocycles. The normalized spacial score (nSPS) is 18.1. The molecule has 1 aliphatic rings. The van der Waals surface area contributed by atoms with Gasteiger partial charge in [0.05, 0.1) is 10.2 Å². The number of halogens is 1. The molecule has 2 aromatic rings. The minimum atomic E-state index is 0.236. The number of piperidine rings is 1. The number of hydrogen-bond donors (Lipinski definition) is 2. The molecule has 1 atom stereocenters. The zero-order valence-electron chi connectivity index (χ0n) is 22.8. The number of guanidine groups is 1. The van der Waals surface area contributed by atoms with Gasteiger partial charge < -0.3 is 16.0 Å². The lowest BCUT2D eigenvalue weighted by atomic mass is 9.92. The number of benzene rings is 1. The maximum atomic E-state index is 6.46. The minimum absolute atomic E-state index is 0.236. The van der Waals surface area contributed by atoms with E-state index < -0.39 is 0 Å². The Balaban J connectivity index is 1.76.